The summed E-state index contributed by atoms with van der Waals surface area (Å²) in [6, 6.07) is 6.55. The lowest BCUT2D eigenvalue weighted by Gasteiger charge is -2.35. The Morgan fingerprint density at radius 1 is 1.20 bits per heavy atom. The topological polar surface area (TPSA) is 83.0 Å². The average Bonchev–Trinajstić information content (AvgIpc) is 2.68. The molecule has 0 amide bonds. The summed E-state index contributed by atoms with van der Waals surface area (Å²) in [7, 11) is -1.55. The molecule has 0 radical (unpaired) electrons. The van der Waals surface area contributed by atoms with Crippen LogP contribution >= 0.6 is 24.0 Å². The van der Waals surface area contributed by atoms with Crippen molar-refractivity contribution in [1.82, 2.24) is 15.5 Å². The van der Waals surface area contributed by atoms with E-state index in [1.807, 2.05) is 0 Å². The van der Waals surface area contributed by atoms with Crippen LogP contribution in [0.15, 0.2) is 29.3 Å². The first-order valence-electron chi connectivity index (χ1n) is 9.88. The van der Waals surface area contributed by atoms with E-state index in [0.717, 1.165) is 18.7 Å². The second kappa shape index (κ2) is 12.2. The van der Waals surface area contributed by atoms with E-state index in [-0.39, 0.29) is 48.1 Å². The number of benzene rings is 1. The molecule has 0 saturated carbocycles. The largest absolute Gasteiger partial charge is 0.379 e. The maximum absolute atomic E-state index is 13.4. The highest BCUT2D eigenvalue weighted by molar-refractivity contribution is 14.0. The highest BCUT2D eigenvalue weighted by Gasteiger charge is 2.28. The van der Waals surface area contributed by atoms with Gasteiger partial charge in [-0.3, -0.25) is 9.89 Å². The third-order valence-electron chi connectivity index (χ3n) is 5.02. The summed E-state index contributed by atoms with van der Waals surface area (Å²) in [6.45, 7) is 8.83. The van der Waals surface area contributed by atoms with Crippen molar-refractivity contribution in [1.29, 1.82) is 0 Å². The number of hydrogen-bond donors (Lipinski definition) is 2. The van der Waals surface area contributed by atoms with E-state index in [9.17, 15) is 12.8 Å². The zero-order chi connectivity index (χ0) is 21.5. The van der Waals surface area contributed by atoms with Crippen molar-refractivity contribution in [3.05, 3.63) is 35.6 Å². The number of guanidine groups is 1. The van der Waals surface area contributed by atoms with E-state index in [1.165, 1.54) is 12.1 Å². The lowest BCUT2D eigenvalue weighted by atomic mass is 10.0. The van der Waals surface area contributed by atoms with Gasteiger partial charge in [0.15, 0.2) is 15.8 Å². The summed E-state index contributed by atoms with van der Waals surface area (Å²) in [5.41, 5.74) is 1.01. The first kappa shape index (κ1) is 27.1. The minimum absolute atomic E-state index is 0. The Labute approximate surface area is 196 Å². The fourth-order valence-electron chi connectivity index (χ4n) is 3.06. The quantitative estimate of drug-likeness (QED) is 0.305. The molecule has 1 atom stereocenters. The van der Waals surface area contributed by atoms with Gasteiger partial charge >= 0.3 is 0 Å². The van der Waals surface area contributed by atoms with E-state index in [2.05, 4.69) is 20.5 Å². The zero-order valence-electron chi connectivity index (χ0n) is 18.2. The molecule has 1 saturated heterocycles. The van der Waals surface area contributed by atoms with Crippen LogP contribution in [0.4, 0.5) is 4.39 Å². The molecule has 1 unspecified atom stereocenters. The summed E-state index contributed by atoms with van der Waals surface area (Å²) in [5.74, 6) is 0.302. The van der Waals surface area contributed by atoms with Crippen LogP contribution in [0.5, 0.6) is 0 Å². The number of halogens is 2. The van der Waals surface area contributed by atoms with Gasteiger partial charge in [-0.15, -0.1) is 24.0 Å². The van der Waals surface area contributed by atoms with Crippen molar-refractivity contribution >= 4 is 39.8 Å². The first-order valence-corrected chi connectivity index (χ1v) is 11.5. The molecule has 0 spiro atoms. The van der Waals surface area contributed by atoms with Gasteiger partial charge in [-0.1, -0.05) is 12.1 Å². The molecule has 1 fully saturated rings. The number of nitrogens with one attached hydrogen (secondary N) is 2. The molecule has 1 aromatic rings. The van der Waals surface area contributed by atoms with Crippen molar-refractivity contribution in [3.63, 3.8) is 0 Å². The molecule has 1 aromatic carbocycles. The molecule has 1 heterocycles. The number of ether oxygens (including phenoxy) is 1. The van der Waals surface area contributed by atoms with Gasteiger partial charge in [-0.05, 0) is 38.5 Å². The van der Waals surface area contributed by atoms with Crippen LogP contribution in [0.2, 0.25) is 0 Å². The molecule has 172 valence electrons. The van der Waals surface area contributed by atoms with Gasteiger partial charge in [0.1, 0.15) is 5.82 Å². The molecule has 7 nitrogen and oxygen atoms in total. The SMILES string of the molecule is CN=C(NCCS(=O)(=O)C(C)(C)C)NCC(c1ccc(F)cc1)N1CCOCC1.I. The van der Waals surface area contributed by atoms with Gasteiger partial charge in [0.05, 0.1) is 29.8 Å². The summed E-state index contributed by atoms with van der Waals surface area (Å²) in [4.78, 5) is 6.48. The number of sulfone groups is 1. The van der Waals surface area contributed by atoms with Gasteiger partial charge in [0.2, 0.25) is 0 Å². The molecule has 0 aliphatic carbocycles. The Morgan fingerprint density at radius 3 is 2.33 bits per heavy atom. The van der Waals surface area contributed by atoms with Crippen LogP contribution in [-0.2, 0) is 14.6 Å². The zero-order valence-corrected chi connectivity index (χ0v) is 21.3. The molecule has 0 bridgehead atoms. The minimum atomic E-state index is -3.20. The van der Waals surface area contributed by atoms with E-state index >= 15 is 0 Å². The Bertz CT molecular complexity index is 776. The maximum atomic E-state index is 13.4. The molecular formula is C20H34FIN4O3S. The molecule has 2 rings (SSSR count). The molecule has 0 aromatic heterocycles. The summed E-state index contributed by atoms with van der Waals surface area (Å²) in [5, 5.41) is 6.35. The van der Waals surface area contributed by atoms with E-state index in [4.69, 9.17) is 4.74 Å². The van der Waals surface area contributed by atoms with Gasteiger partial charge in [-0.25, -0.2) is 12.8 Å². The van der Waals surface area contributed by atoms with Crippen molar-refractivity contribution in [2.24, 2.45) is 4.99 Å². The van der Waals surface area contributed by atoms with E-state index in [1.54, 1.807) is 40.0 Å². The first-order chi connectivity index (χ1) is 13.6. The fourth-order valence-corrected chi connectivity index (χ4v) is 4.04. The van der Waals surface area contributed by atoms with Gasteiger partial charge in [0.25, 0.3) is 0 Å². The Morgan fingerprint density at radius 2 is 1.80 bits per heavy atom. The second-order valence-corrected chi connectivity index (χ2v) is 10.9. The minimum Gasteiger partial charge on any atom is -0.379 e. The van der Waals surface area contributed by atoms with E-state index in [0.29, 0.717) is 25.7 Å². The smallest absolute Gasteiger partial charge is 0.191 e. The van der Waals surface area contributed by atoms with Crippen LogP contribution in [0.1, 0.15) is 32.4 Å². The lowest BCUT2D eigenvalue weighted by Crippen LogP contribution is -2.47. The number of rotatable bonds is 7. The van der Waals surface area contributed by atoms with E-state index < -0.39 is 14.6 Å². The number of hydrogen-bond acceptors (Lipinski definition) is 5. The van der Waals surface area contributed by atoms with Gasteiger partial charge in [0, 0.05) is 33.2 Å². The lowest BCUT2D eigenvalue weighted by molar-refractivity contribution is 0.0170. The summed E-state index contributed by atoms with van der Waals surface area (Å²) >= 11 is 0. The van der Waals surface area contributed by atoms with Crippen LogP contribution in [-0.4, -0.2) is 76.2 Å². The maximum Gasteiger partial charge on any atom is 0.191 e. The van der Waals surface area contributed by atoms with Crippen LogP contribution in [0.3, 0.4) is 0 Å². The summed E-state index contributed by atoms with van der Waals surface area (Å²) < 4.78 is 42.5. The molecule has 2 N–H and O–H groups in total. The molecular weight excluding hydrogens is 522 g/mol. The van der Waals surface area contributed by atoms with Crippen molar-refractivity contribution in [3.8, 4) is 0 Å². The van der Waals surface area contributed by atoms with Crippen LogP contribution in [0.25, 0.3) is 0 Å². The second-order valence-electron chi connectivity index (χ2n) is 8.03. The summed E-state index contributed by atoms with van der Waals surface area (Å²) in [6.07, 6.45) is 0. The van der Waals surface area contributed by atoms with Crippen molar-refractivity contribution < 1.29 is 17.5 Å². The highest BCUT2D eigenvalue weighted by Crippen LogP contribution is 2.21. The number of morpholine rings is 1. The molecule has 1 aliphatic heterocycles. The van der Waals surface area contributed by atoms with Gasteiger partial charge in [-0.2, -0.15) is 0 Å². The third-order valence-corrected chi connectivity index (χ3v) is 7.63. The Kier molecular flexibility index (Phi) is 11.0. The predicted octanol–water partition coefficient (Wildman–Crippen LogP) is 2.20. The molecule has 1 aliphatic rings. The predicted molar refractivity (Wildman–Crippen MR) is 130 cm³/mol. The Hall–Kier alpha value is -0.980. The monoisotopic (exact) mass is 556 g/mol. The highest BCUT2D eigenvalue weighted by atomic mass is 127. The standard InChI is InChI=1S/C20H33FN4O3S.HI/c1-20(2,3)29(26,27)14-9-23-19(22-4)24-15-18(25-10-12-28-13-11-25)16-5-7-17(21)8-6-16;/h5-8,18H,9-15H2,1-4H3,(H2,22,23,24);1H. The fraction of sp³-hybridized carbons (Fsp3) is 0.650. The van der Waals surface area contributed by atoms with Gasteiger partial charge < -0.3 is 15.4 Å². The van der Waals surface area contributed by atoms with Crippen molar-refractivity contribution in [2.45, 2.75) is 31.6 Å². The van der Waals surface area contributed by atoms with Crippen LogP contribution < -0.4 is 10.6 Å². The molecule has 30 heavy (non-hydrogen) atoms. The Balaban J connectivity index is 0.00000450. The number of aliphatic imine (C=N–C) groups is 1. The average molecular weight is 556 g/mol. The van der Waals surface area contributed by atoms with Crippen LogP contribution in [0, 0.1) is 5.82 Å². The number of nitrogens with zero attached hydrogens (tertiary/aromatic N) is 2. The third kappa shape index (κ3) is 7.93. The van der Waals surface area contributed by atoms with Crippen molar-refractivity contribution in [2.75, 3.05) is 52.2 Å². The molecule has 10 heteroatoms. The normalized spacial score (nSPS) is 17.2.